The molecular weight excluding hydrogens is 218 g/mol. The molecule has 0 radical (unpaired) electrons. The maximum absolute atomic E-state index is 6.62. The second-order valence-electron chi connectivity index (χ2n) is 3.52. The summed E-state index contributed by atoms with van der Waals surface area (Å²) < 4.78 is 0. The summed E-state index contributed by atoms with van der Waals surface area (Å²) in [6.07, 6.45) is 5.23. The highest BCUT2D eigenvalue weighted by molar-refractivity contribution is 6.27. The van der Waals surface area contributed by atoms with Crippen molar-refractivity contribution in [1.82, 2.24) is 4.98 Å². The first-order valence-corrected chi connectivity index (χ1v) is 5.43. The van der Waals surface area contributed by atoms with Gasteiger partial charge >= 0.3 is 0 Å². The minimum absolute atomic E-state index is 0.699. The Kier molecular flexibility index (Phi) is 3.07. The average Bonchev–Trinajstić information content (AvgIpc) is 2.40. The molecule has 1 atom stereocenters. The van der Waals surface area contributed by atoms with Crippen molar-refractivity contribution in [1.29, 1.82) is 0 Å². The zero-order valence-electron chi connectivity index (χ0n) is 8.81. The topological polar surface area (TPSA) is 12.9 Å². The molecule has 2 aromatic rings. The summed E-state index contributed by atoms with van der Waals surface area (Å²) in [4.78, 5) is 3.39. The molecule has 2 heteroatoms. The summed E-state index contributed by atoms with van der Waals surface area (Å²) in [6.45, 7) is 3.83. The van der Waals surface area contributed by atoms with Crippen molar-refractivity contribution in [3.8, 4) is 0 Å². The third kappa shape index (κ3) is 1.86. The summed E-state index contributed by atoms with van der Waals surface area (Å²) in [5, 5.41) is 0. The number of rotatable bonds is 3. The predicted molar refractivity (Wildman–Crippen MR) is 67.5 cm³/mol. The largest absolute Gasteiger partial charge is 0.264 e. The Hall–Kier alpha value is -1.60. The number of hydrogen-bond acceptors (Lipinski definition) is 1. The first kappa shape index (κ1) is 10.9. The SMILES string of the molecule is C=CC(Cl)(c1ccccc1)c1cccnc1. The van der Waals surface area contributed by atoms with E-state index in [2.05, 4.69) is 11.6 Å². The monoisotopic (exact) mass is 229 g/mol. The Bertz CT molecular complexity index is 425. The van der Waals surface area contributed by atoms with Crippen LogP contribution in [0.2, 0.25) is 0 Å². The molecule has 1 heterocycles. The maximum atomic E-state index is 6.62. The zero-order valence-corrected chi connectivity index (χ0v) is 9.56. The third-order valence-corrected chi connectivity index (χ3v) is 3.15. The standard InChI is InChI=1S/C14H12ClN/c1-2-14(15,12-7-4-3-5-8-12)13-9-6-10-16-11-13/h2-11H,1H2. The van der Waals surface area contributed by atoms with Gasteiger partial charge in [0.15, 0.2) is 0 Å². The lowest BCUT2D eigenvalue weighted by Crippen LogP contribution is -2.17. The van der Waals surface area contributed by atoms with Crippen LogP contribution < -0.4 is 0 Å². The highest BCUT2D eigenvalue weighted by Crippen LogP contribution is 2.36. The highest BCUT2D eigenvalue weighted by Gasteiger charge is 2.27. The number of hydrogen-bond donors (Lipinski definition) is 0. The van der Waals surface area contributed by atoms with E-state index in [4.69, 9.17) is 11.6 Å². The fraction of sp³-hybridized carbons (Fsp3) is 0.0714. The van der Waals surface area contributed by atoms with Gasteiger partial charge in [-0.05, 0) is 17.2 Å². The van der Waals surface area contributed by atoms with Gasteiger partial charge in [-0.3, -0.25) is 4.98 Å². The molecule has 0 spiro atoms. The Morgan fingerprint density at radius 1 is 1.06 bits per heavy atom. The van der Waals surface area contributed by atoms with Gasteiger partial charge in [-0.25, -0.2) is 0 Å². The number of alkyl halides is 1. The van der Waals surface area contributed by atoms with Crippen LogP contribution in [0.25, 0.3) is 0 Å². The van der Waals surface area contributed by atoms with Crippen molar-refractivity contribution in [2.75, 3.05) is 0 Å². The molecule has 80 valence electrons. The molecule has 0 amide bonds. The molecule has 0 N–H and O–H groups in total. The summed E-state index contributed by atoms with van der Waals surface area (Å²) in [5.41, 5.74) is 1.93. The van der Waals surface area contributed by atoms with E-state index in [1.165, 1.54) is 0 Å². The molecule has 16 heavy (non-hydrogen) atoms. The second-order valence-corrected chi connectivity index (χ2v) is 4.12. The van der Waals surface area contributed by atoms with E-state index in [9.17, 15) is 0 Å². The zero-order chi connectivity index (χ0) is 11.4. The van der Waals surface area contributed by atoms with Gasteiger partial charge in [-0.1, -0.05) is 42.5 Å². The Morgan fingerprint density at radius 2 is 1.75 bits per heavy atom. The first-order chi connectivity index (χ1) is 7.77. The van der Waals surface area contributed by atoms with Crippen molar-refractivity contribution in [2.24, 2.45) is 0 Å². The van der Waals surface area contributed by atoms with Crippen molar-refractivity contribution in [3.05, 3.63) is 78.6 Å². The molecule has 0 bridgehead atoms. The Balaban J connectivity index is 2.53. The van der Waals surface area contributed by atoms with E-state index in [1.54, 1.807) is 18.5 Å². The first-order valence-electron chi connectivity index (χ1n) is 5.06. The number of nitrogens with zero attached hydrogens (tertiary/aromatic N) is 1. The summed E-state index contributed by atoms with van der Waals surface area (Å²) >= 11 is 6.62. The highest BCUT2D eigenvalue weighted by atomic mass is 35.5. The minimum Gasteiger partial charge on any atom is -0.264 e. The van der Waals surface area contributed by atoms with Gasteiger partial charge in [0, 0.05) is 12.4 Å². The Labute approximate surface area is 100 Å². The molecule has 2 rings (SSSR count). The quantitative estimate of drug-likeness (QED) is 0.577. The molecule has 0 saturated heterocycles. The molecular formula is C14H12ClN. The van der Waals surface area contributed by atoms with Gasteiger partial charge in [-0.15, -0.1) is 18.2 Å². The van der Waals surface area contributed by atoms with Crippen LogP contribution in [0.1, 0.15) is 11.1 Å². The van der Waals surface area contributed by atoms with Crippen LogP contribution in [0.4, 0.5) is 0 Å². The van der Waals surface area contributed by atoms with Gasteiger partial charge in [0.2, 0.25) is 0 Å². The van der Waals surface area contributed by atoms with Crippen molar-refractivity contribution in [3.63, 3.8) is 0 Å². The number of allylic oxidation sites excluding steroid dienone is 1. The van der Waals surface area contributed by atoms with Gasteiger partial charge in [0.1, 0.15) is 4.87 Å². The number of benzene rings is 1. The lowest BCUT2D eigenvalue weighted by atomic mass is 9.92. The molecule has 1 unspecified atom stereocenters. The second kappa shape index (κ2) is 4.50. The number of halogens is 1. The number of aromatic nitrogens is 1. The van der Waals surface area contributed by atoms with E-state index in [0.717, 1.165) is 11.1 Å². The molecule has 0 aliphatic carbocycles. The van der Waals surface area contributed by atoms with E-state index < -0.39 is 4.87 Å². The van der Waals surface area contributed by atoms with Gasteiger partial charge in [0.05, 0.1) is 0 Å². The predicted octanol–water partition coefficient (Wildman–Crippen LogP) is 3.75. The lowest BCUT2D eigenvalue weighted by Gasteiger charge is -2.23. The van der Waals surface area contributed by atoms with Crippen LogP contribution in [0.15, 0.2) is 67.5 Å². The van der Waals surface area contributed by atoms with Crippen molar-refractivity contribution in [2.45, 2.75) is 4.87 Å². The van der Waals surface area contributed by atoms with Crippen LogP contribution >= 0.6 is 11.6 Å². The molecule has 0 aliphatic heterocycles. The normalized spacial score (nSPS) is 14.1. The van der Waals surface area contributed by atoms with Crippen LogP contribution in [0.5, 0.6) is 0 Å². The number of pyridine rings is 1. The summed E-state index contributed by atoms with van der Waals surface area (Å²) in [6, 6.07) is 13.7. The van der Waals surface area contributed by atoms with E-state index in [0.29, 0.717) is 0 Å². The van der Waals surface area contributed by atoms with E-state index in [-0.39, 0.29) is 0 Å². The van der Waals surface area contributed by atoms with Crippen LogP contribution in [0, 0.1) is 0 Å². The lowest BCUT2D eigenvalue weighted by molar-refractivity contribution is 0.914. The summed E-state index contributed by atoms with van der Waals surface area (Å²) in [7, 11) is 0. The van der Waals surface area contributed by atoms with Crippen LogP contribution in [-0.2, 0) is 4.87 Å². The van der Waals surface area contributed by atoms with Gasteiger partial charge in [-0.2, -0.15) is 0 Å². The van der Waals surface area contributed by atoms with Crippen LogP contribution in [0.3, 0.4) is 0 Å². The average molecular weight is 230 g/mol. The minimum atomic E-state index is -0.699. The fourth-order valence-corrected chi connectivity index (χ4v) is 1.90. The van der Waals surface area contributed by atoms with Gasteiger partial charge in [0.25, 0.3) is 0 Å². The summed E-state index contributed by atoms with van der Waals surface area (Å²) in [5.74, 6) is 0. The third-order valence-electron chi connectivity index (χ3n) is 2.56. The Morgan fingerprint density at radius 3 is 2.31 bits per heavy atom. The van der Waals surface area contributed by atoms with E-state index in [1.807, 2.05) is 42.5 Å². The molecule has 1 aromatic carbocycles. The molecule has 0 saturated carbocycles. The molecule has 0 fully saturated rings. The molecule has 1 aromatic heterocycles. The fourth-order valence-electron chi connectivity index (χ4n) is 1.66. The van der Waals surface area contributed by atoms with Crippen LogP contribution in [-0.4, -0.2) is 4.98 Å². The van der Waals surface area contributed by atoms with E-state index >= 15 is 0 Å². The molecule has 0 aliphatic rings. The maximum Gasteiger partial charge on any atom is 0.114 e. The molecule has 1 nitrogen and oxygen atoms in total. The van der Waals surface area contributed by atoms with Gasteiger partial charge < -0.3 is 0 Å². The smallest absolute Gasteiger partial charge is 0.114 e. The van der Waals surface area contributed by atoms with Crippen molar-refractivity contribution < 1.29 is 0 Å². The van der Waals surface area contributed by atoms with Crippen molar-refractivity contribution >= 4 is 11.6 Å².